The summed E-state index contributed by atoms with van der Waals surface area (Å²) < 4.78 is 0. The summed E-state index contributed by atoms with van der Waals surface area (Å²) in [6.45, 7) is 3.56. The van der Waals surface area contributed by atoms with Gasteiger partial charge in [-0.25, -0.2) is 0 Å². The predicted molar refractivity (Wildman–Crippen MR) is 92.3 cm³/mol. The van der Waals surface area contributed by atoms with Gasteiger partial charge in [-0.15, -0.1) is 0 Å². The largest absolute Gasteiger partial charge is 0.390 e. The monoisotopic (exact) mass is 334 g/mol. The van der Waals surface area contributed by atoms with Crippen molar-refractivity contribution < 1.29 is 9.90 Å². The lowest BCUT2D eigenvalue weighted by Gasteiger charge is -2.30. The Bertz CT molecular complexity index is 602. The molecule has 1 atom stereocenters. The Hall–Kier alpha value is -1.36. The number of likely N-dealkylation sites (tertiary alicyclic amines) is 1. The SMILES string of the molecule is O=C1CCCN1CC(O)CN1CC=C(c2ccccc2Cl)CC1. The van der Waals surface area contributed by atoms with E-state index in [2.05, 4.69) is 17.0 Å². The van der Waals surface area contributed by atoms with Crippen molar-refractivity contribution in [1.29, 1.82) is 0 Å². The molecule has 23 heavy (non-hydrogen) atoms. The van der Waals surface area contributed by atoms with E-state index in [1.807, 2.05) is 18.2 Å². The van der Waals surface area contributed by atoms with Crippen molar-refractivity contribution in [1.82, 2.24) is 9.80 Å². The van der Waals surface area contributed by atoms with E-state index < -0.39 is 6.10 Å². The zero-order chi connectivity index (χ0) is 16.2. The summed E-state index contributed by atoms with van der Waals surface area (Å²) in [5.41, 5.74) is 2.38. The van der Waals surface area contributed by atoms with E-state index in [0.717, 1.165) is 43.1 Å². The second-order valence-electron chi connectivity index (χ2n) is 6.32. The highest BCUT2D eigenvalue weighted by Gasteiger charge is 2.24. The van der Waals surface area contributed by atoms with Gasteiger partial charge in [0.1, 0.15) is 0 Å². The van der Waals surface area contributed by atoms with Gasteiger partial charge < -0.3 is 10.0 Å². The van der Waals surface area contributed by atoms with E-state index in [9.17, 15) is 9.90 Å². The van der Waals surface area contributed by atoms with E-state index in [4.69, 9.17) is 11.6 Å². The first kappa shape index (κ1) is 16.5. The minimum absolute atomic E-state index is 0.170. The highest BCUT2D eigenvalue weighted by molar-refractivity contribution is 6.32. The van der Waals surface area contributed by atoms with E-state index in [-0.39, 0.29) is 5.91 Å². The lowest BCUT2D eigenvalue weighted by atomic mass is 9.99. The molecule has 2 aliphatic rings. The zero-order valence-corrected chi connectivity index (χ0v) is 14.0. The van der Waals surface area contributed by atoms with Crippen molar-refractivity contribution in [2.24, 2.45) is 0 Å². The van der Waals surface area contributed by atoms with Crippen LogP contribution in [0.2, 0.25) is 5.02 Å². The van der Waals surface area contributed by atoms with Crippen LogP contribution in [-0.2, 0) is 4.79 Å². The minimum atomic E-state index is -0.479. The average Bonchev–Trinajstić information content (AvgIpc) is 2.94. The van der Waals surface area contributed by atoms with Gasteiger partial charge in [-0.05, 0) is 30.0 Å². The van der Waals surface area contributed by atoms with Gasteiger partial charge in [0, 0.05) is 44.2 Å². The van der Waals surface area contributed by atoms with Crippen molar-refractivity contribution >= 4 is 23.1 Å². The maximum Gasteiger partial charge on any atom is 0.222 e. The molecule has 1 aromatic carbocycles. The van der Waals surface area contributed by atoms with Crippen LogP contribution in [0.3, 0.4) is 0 Å². The topological polar surface area (TPSA) is 43.8 Å². The molecule has 0 saturated carbocycles. The highest BCUT2D eigenvalue weighted by atomic mass is 35.5. The van der Waals surface area contributed by atoms with Crippen LogP contribution in [0.25, 0.3) is 5.57 Å². The van der Waals surface area contributed by atoms with Gasteiger partial charge in [-0.2, -0.15) is 0 Å². The molecule has 0 bridgehead atoms. The van der Waals surface area contributed by atoms with Gasteiger partial charge in [-0.1, -0.05) is 35.9 Å². The smallest absolute Gasteiger partial charge is 0.222 e. The van der Waals surface area contributed by atoms with Crippen molar-refractivity contribution in [2.75, 3.05) is 32.7 Å². The molecule has 4 nitrogen and oxygen atoms in total. The van der Waals surface area contributed by atoms with Crippen LogP contribution in [0.1, 0.15) is 24.8 Å². The highest BCUT2D eigenvalue weighted by Crippen LogP contribution is 2.28. The van der Waals surface area contributed by atoms with Gasteiger partial charge in [0.05, 0.1) is 6.10 Å². The molecule has 1 aromatic rings. The summed E-state index contributed by atoms with van der Waals surface area (Å²) in [7, 11) is 0. The average molecular weight is 335 g/mol. The Balaban J connectivity index is 1.52. The molecule has 1 fully saturated rings. The van der Waals surface area contributed by atoms with Crippen molar-refractivity contribution in [3.8, 4) is 0 Å². The van der Waals surface area contributed by atoms with Crippen LogP contribution in [0.5, 0.6) is 0 Å². The third kappa shape index (κ3) is 4.14. The fourth-order valence-corrected chi connectivity index (χ4v) is 3.61. The third-order valence-electron chi connectivity index (χ3n) is 4.58. The van der Waals surface area contributed by atoms with Crippen LogP contribution in [0.15, 0.2) is 30.3 Å². The van der Waals surface area contributed by atoms with Crippen molar-refractivity contribution in [2.45, 2.75) is 25.4 Å². The molecule has 1 amide bonds. The molecule has 1 N–H and O–H groups in total. The second kappa shape index (κ2) is 7.47. The number of benzene rings is 1. The Morgan fingerprint density at radius 3 is 2.65 bits per heavy atom. The van der Waals surface area contributed by atoms with Gasteiger partial charge in [0.25, 0.3) is 0 Å². The Morgan fingerprint density at radius 1 is 1.17 bits per heavy atom. The molecule has 0 spiro atoms. The summed E-state index contributed by atoms with van der Waals surface area (Å²) in [6, 6.07) is 7.92. The minimum Gasteiger partial charge on any atom is -0.390 e. The predicted octanol–water partition coefficient (Wildman–Crippen LogP) is 2.41. The molecule has 5 heteroatoms. The molecule has 3 rings (SSSR count). The normalized spacial score (nSPS) is 20.7. The first-order valence-electron chi connectivity index (χ1n) is 8.25. The molecule has 0 aliphatic carbocycles. The zero-order valence-electron chi connectivity index (χ0n) is 13.2. The number of β-amino-alcohol motifs (C(OH)–C–C–N with tert-alkyl or cyclic N) is 1. The number of amides is 1. The van der Waals surface area contributed by atoms with Gasteiger partial charge in [0.15, 0.2) is 0 Å². The van der Waals surface area contributed by atoms with E-state index in [1.165, 1.54) is 5.57 Å². The number of nitrogens with zero attached hydrogens (tertiary/aromatic N) is 2. The third-order valence-corrected chi connectivity index (χ3v) is 4.91. The van der Waals surface area contributed by atoms with Gasteiger partial charge in [-0.3, -0.25) is 9.69 Å². The van der Waals surface area contributed by atoms with Crippen molar-refractivity contribution in [3.63, 3.8) is 0 Å². The first-order valence-corrected chi connectivity index (χ1v) is 8.63. The number of hydrogen-bond acceptors (Lipinski definition) is 3. The lowest BCUT2D eigenvalue weighted by Crippen LogP contribution is -2.42. The molecule has 1 unspecified atom stereocenters. The van der Waals surface area contributed by atoms with Crippen LogP contribution >= 0.6 is 11.6 Å². The lowest BCUT2D eigenvalue weighted by molar-refractivity contribution is -0.129. The van der Waals surface area contributed by atoms with E-state index in [1.54, 1.807) is 4.90 Å². The fourth-order valence-electron chi connectivity index (χ4n) is 3.35. The summed E-state index contributed by atoms with van der Waals surface area (Å²) in [4.78, 5) is 15.6. The molecule has 1 saturated heterocycles. The Kier molecular flexibility index (Phi) is 5.36. The summed E-state index contributed by atoms with van der Waals surface area (Å²) in [5.74, 6) is 0.170. The fraction of sp³-hybridized carbons (Fsp3) is 0.500. The maximum absolute atomic E-state index is 11.6. The first-order chi connectivity index (χ1) is 11.1. The quantitative estimate of drug-likeness (QED) is 0.899. The molecule has 0 aromatic heterocycles. The summed E-state index contributed by atoms with van der Waals surface area (Å²) in [5, 5.41) is 11.0. The maximum atomic E-state index is 11.6. The van der Waals surface area contributed by atoms with Gasteiger partial charge in [0.2, 0.25) is 5.91 Å². The number of carbonyl (C=O) groups excluding carboxylic acids is 1. The molecule has 124 valence electrons. The van der Waals surface area contributed by atoms with Crippen LogP contribution < -0.4 is 0 Å². The standard InChI is InChI=1S/C18H23ClN2O2/c19-17-5-2-1-4-16(17)14-7-10-20(11-8-14)12-15(22)13-21-9-3-6-18(21)23/h1-2,4-5,7,15,22H,3,6,8-13H2. The Labute approximate surface area is 142 Å². The number of halogens is 1. The van der Waals surface area contributed by atoms with Crippen LogP contribution in [0, 0.1) is 0 Å². The molecule has 0 radical (unpaired) electrons. The molecular weight excluding hydrogens is 312 g/mol. The number of aliphatic hydroxyl groups excluding tert-OH is 1. The summed E-state index contributed by atoms with van der Waals surface area (Å²) in [6.07, 6.45) is 4.18. The molecular formula is C18H23ClN2O2. The van der Waals surface area contributed by atoms with Crippen molar-refractivity contribution in [3.05, 3.63) is 40.9 Å². The van der Waals surface area contributed by atoms with E-state index in [0.29, 0.717) is 19.5 Å². The summed E-state index contributed by atoms with van der Waals surface area (Å²) >= 11 is 6.26. The Morgan fingerprint density at radius 2 is 2.00 bits per heavy atom. The van der Waals surface area contributed by atoms with Crippen LogP contribution in [0.4, 0.5) is 0 Å². The van der Waals surface area contributed by atoms with Gasteiger partial charge >= 0.3 is 0 Å². The van der Waals surface area contributed by atoms with E-state index >= 15 is 0 Å². The number of hydrogen-bond donors (Lipinski definition) is 1. The number of carbonyl (C=O) groups is 1. The van der Waals surface area contributed by atoms with Crippen LogP contribution in [-0.4, -0.2) is 59.6 Å². The number of rotatable bonds is 5. The number of aliphatic hydroxyl groups is 1. The second-order valence-corrected chi connectivity index (χ2v) is 6.72. The molecule has 2 aliphatic heterocycles. The molecule has 2 heterocycles.